The number of nitrogens with zero attached hydrogens (tertiary/aromatic N) is 1. The van der Waals surface area contributed by atoms with Gasteiger partial charge in [-0.2, -0.15) is 0 Å². The highest BCUT2D eigenvalue weighted by molar-refractivity contribution is 6.35. The van der Waals surface area contributed by atoms with Crippen LogP contribution >= 0.6 is 11.6 Å². The highest BCUT2D eigenvalue weighted by Gasteiger charge is 2.15. The van der Waals surface area contributed by atoms with Crippen molar-refractivity contribution < 1.29 is 9.18 Å². The van der Waals surface area contributed by atoms with Crippen LogP contribution in [0.1, 0.15) is 34.3 Å². The fourth-order valence-corrected chi connectivity index (χ4v) is 3.04. The summed E-state index contributed by atoms with van der Waals surface area (Å²) in [5.74, 6) is -0.625. The van der Waals surface area contributed by atoms with E-state index in [4.69, 9.17) is 11.6 Å². The molecular formula is C18H17ClFNO. The van der Waals surface area contributed by atoms with Crippen LogP contribution in [0.3, 0.4) is 0 Å². The zero-order chi connectivity index (χ0) is 15.5. The number of halogens is 2. The topological polar surface area (TPSA) is 20.3 Å². The number of ketones is 1. The molecule has 1 aliphatic rings. The second kappa shape index (κ2) is 6.59. The van der Waals surface area contributed by atoms with Gasteiger partial charge in [0.05, 0.1) is 5.02 Å². The Balaban J connectivity index is 1.75. The molecule has 0 aromatic heterocycles. The van der Waals surface area contributed by atoms with Gasteiger partial charge < -0.3 is 0 Å². The summed E-state index contributed by atoms with van der Waals surface area (Å²) in [6, 6.07) is 11.4. The number of rotatable bonds is 4. The van der Waals surface area contributed by atoms with E-state index < -0.39 is 5.82 Å². The molecule has 0 saturated carbocycles. The third kappa shape index (κ3) is 3.37. The van der Waals surface area contributed by atoms with Gasteiger partial charge in [0.15, 0.2) is 5.78 Å². The van der Waals surface area contributed by atoms with E-state index >= 15 is 0 Å². The molecule has 114 valence electrons. The molecule has 1 saturated heterocycles. The maximum Gasteiger partial charge on any atom is 0.194 e. The largest absolute Gasteiger partial charge is 0.299 e. The standard InChI is InChI=1S/C18H17ClFNO/c19-17-11-15(20)7-8-16(17)18(22)14-5-3-13(4-6-14)12-21-9-1-2-10-21/h3-8,11H,1-2,9-10,12H2. The molecule has 0 atom stereocenters. The molecule has 3 rings (SSSR count). The predicted octanol–water partition coefficient (Wildman–Crippen LogP) is 4.31. The molecule has 0 radical (unpaired) electrons. The molecular weight excluding hydrogens is 301 g/mol. The Kier molecular flexibility index (Phi) is 4.55. The van der Waals surface area contributed by atoms with Gasteiger partial charge >= 0.3 is 0 Å². The maximum atomic E-state index is 13.1. The molecule has 1 fully saturated rings. The molecule has 0 amide bonds. The van der Waals surface area contributed by atoms with Crippen molar-refractivity contribution in [1.82, 2.24) is 4.90 Å². The van der Waals surface area contributed by atoms with Crippen LogP contribution in [-0.2, 0) is 6.54 Å². The number of hydrogen-bond acceptors (Lipinski definition) is 2. The molecule has 0 N–H and O–H groups in total. The number of hydrogen-bond donors (Lipinski definition) is 0. The summed E-state index contributed by atoms with van der Waals surface area (Å²) < 4.78 is 13.1. The summed E-state index contributed by atoms with van der Waals surface area (Å²) in [5.41, 5.74) is 2.10. The Hall–Kier alpha value is -1.71. The molecule has 2 aromatic rings. The molecule has 22 heavy (non-hydrogen) atoms. The van der Waals surface area contributed by atoms with Gasteiger partial charge in [-0.15, -0.1) is 0 Å². The summed E-state index contributed by atoms with van der Waals surface area (Å²) in [4.78, 5) is 14.8. The van der Waals surface area contributed by atoms with Crippen LogP contribution in [0.5, 0.6) is 0 Å². The van der Waals surface area contributed by atoms with Crippen molar-refractivity contribution in [2.75, 3.05) is 13.1 Å². The van der Waals surface area contributed by atoms with Crippen molar-refractivity contribution in [2.45, 2.75) is 19.4 Å². The first-order valence-corrected chi connectivity index (χ1v) is 7.82. The third-order valence-corrected chi connectivity index (χ3v) is 4.31. The van der Waals surface area contributed by atoms with Crippen LogP contribution in [0.25, 0.3) is 0 Å². The molecule has 0 unspecified atom stereocenters. The Morgan fingerprint density at radius 2 is 1.77 bits per heavy atom. The van der Waals surface area contributed by atoms with Crippen molar-refractivity contribution in [3.05, 3.63) is 70.0 Å². The average molecular weight is 318 g/mol. The summed E-state index contributed by atoms with van der Waals surface area (Å²) in [6.45, 7) is 3.21. The smallest absolute Gasteiger partial charge is 0.194 e. The molecule has 1 heterocycles. The van der Waals surface area contributed by atoms with E-state index in [2.05, 4.69) is 4.90 Å². The molecule has 2 nitrogen and oxygen atoms in total. The summed E-state index contributed by atoms with van der Waals surface area (Å²) >= 11 is 5.95. The second-order valence-electron chi connectivity index (χ2n) is 5.63. The lowest BCUT2D eigenvalue weighted by Gasteiger charge is -2.14. The zero-order valence-electron chi connectivity index (χ0n) is 12.2. The Morgan fingerprint density at radius 1 is 1.09 bits per heavy atom. The molecule has 0 spiro atoms. The Morgan fingerprint density at radius 3 is 2.41 bits per heavy atom. The van der Waals surface area contributed by atoms with Gasteiger partial charge in [-0.05, 0) is 49.7 Å². The molecule has 2 aromatic carbocycles. The predicted molar refractivity (Wildman–Crippen MR) is 85.8 cm³/mol. The Bertz CT molecular complexity index is 678. The summed E-state index contributed by atoms with van der Waals surface area (Å²) in [6.07, 6.45) is 2.53. The molecule has 0 bridgehead atoms. The lowest BCUT2D eigenvalue weighted by Crippen LogP contribution is -2.18. The SMILES string of the molecule is O=C(c1ccc(CN2CCCC2)cc1)c1ccc(F)cc1Cl. The van der Waals surface area contributed by atoms with Crippen LogP contribution in [0.2, 0.25) is 5.02 Å². The van der Waals surface area contributed by atoms with Gasteiger partial charge in [-0.1, -0.05) is 35.9 Å². The van der Waals surface area contributed by atoms with Crippen LogP contribution in [0, 0.1) is 5.82 Å². The van der Waals surface area contributed by atoms with Gasteiger partial charge in [0.1, 0.15) is 5.82 Å². The van der Waals surface area contributed by atoms with E-state index in [9.17, 15) is 9.18 Å². The lowest BCUT2D eigenvalue weighted by molar-refractivity contribution is 0.103. The van der Waals surface area contributed by atoms with E-state index in [1.54, 1.807) is 0 Å². The van der Waals surface area contributed by atoms with E-state index in [1.165, 1.54) is 30.5 Å². The first kappa shape index (κ1) is 15.2. The quantitative estimate of drug-likeness (QED) is 0.783. The lowest BCUT2D eigenvalue weighted by atomic mass is 10.0. The van der Waals surface area contributed by atoms with Crippen molar-refractivity contribution in [1.29, 1.82) is 0 Å². The van der Waals surface area contributed by atoms with Crippen molar-refractivity contribution in [3.63, 3.8) is 0 Å². The van der Waals surface area contributed by atoms with Crippen LogP contribution in [-0.4, -0.2) is 23.8 Å². The van der Waals surface area contributed by atoms with Gasteiger partial charge in [-0.3, -0.25) is 9.69 Å². The van der Waals surface area contributed by atoms with Crippen LogP contribution in [0.15, 0.2) is 42.5 Å². The number of likely N-dealkylation sites (tertiary alicyclic amines) is 1. The minimum Gasteiger partial charge on any atom is -0.299 e. The third-order valence-electron chi connectivity index (χ3n) is 4.00. The molecule has 4 heteroatoms. The van der Waals surface area contributed by atoms with E-state index in [1.807, 2.05) is 24.3 Å². The van der Waals surface area contributed by atoms with Crippen LogP contribution in [0.4, 0.5) is 4.39 Å². The maximum absolute atomic E-state index is 13.1. The number of carbonyl (C=O) groups excluding carboxylic acids is 1. The Labute approximate surface area is 134 Å². The van der Waals surface area contributed by atoms with Crippen molar-refractivity contribution in [3.8, 4) is 0 Å². The molecule has 1 aliphatic heterocycles. The monoisotopic (exact) mass is 317 g/mol. The van der Waals surface area contributed by atoms with Gasteiger partial charge in [-0.25, -0.2) is 4.39 Å². The van der Waals surface area contributed by atoms with Gasteiger partial charge in [0.2, 0.25) is 0 Å². The van der Waals surface area contributed by atoms with E-state index in [0.29, 0.717) is 11.1 Å². The zero-order valence-corrected chi connectivity index (χ0v) is 12.9. The van der Waals surface area contributed by atoms with Crippen molar-refractivity contribution >= 4 is 17.4 Å². The van der Waals surface area contributed by atoms with Crippen molar-refractivity contribution in [2.24, 2.45) is 0 Å². The minimum absolute atomic E-state index is 0.145. The first-order valence-electron chi connectivity index (χ1n) is 7.44. The molecule has 0 aliphatic carbocycles. The number of carbonyl (C=O) groups is 1. The van der Waals surface area contributed by atoms with E-state index in [0.717, 1.165) is 25.7 Å². The second-order valence-corrected chi connectivity index (χ2v) is 6.04. The normalized spacial score (nSPS) is 15.2. The summed E-state index contributed by atoms with van der Waals surface area (Å²) in [5, 5.41) is 0.145. The van der Waals surface area contributed by atoms with Gasteiger partial charge in [0.25, 0.3) is 0 Å². The van der Waals surface area contributed by atoms with E-state index in [-0.39, 0.29) is 10.8 Å². The number of benzene rings is 2. The highest BCUT2D eigenvalue weighted by Crippen LogP contribution is 2.21. The van der Waals surface area contributed by atoms with Gasteiger partial charge in [0, 0.05) is 17.7 Å². The summed E-state index contributed by atoms with van der Waals surface area (Å²) in [7, 11) is 0. The highest BCUT2D eigenvalue weighted by atomic mass is 35.5. The van der Waals surface area contributed by atoms with Crippen LogP contribution < -0.4 is 0 Å². The fourth-order valence-electron chi connectivity index (χ4n) is 2.79. The fraction of sp³-hybridized carbons (Fsp3) is 0.278. The average Bonchev–Trinajstić information content (AvgIpc) is 3.00. The minimum atomic E-state index is -0.442. The first-order chi connectivity index (χ1) is 10.6.